The maximum atomic E-state index is 14.4. The average Bonchev–Trinajstić information content (AvgIpc) is 3.20. The molecule has 0 unspecified atom stereocenters. The summed E-state index contributed by atoms with van der Waals surface area (Å²) in [6, 6.07) is 5.57. The lowest BCUT2D eigenvalue weighted by molar-refractivity contribution is 0.0957. The summed E-state index contributed by atoms with van der Waals surface area (Å²) in [4.78, 5) is 22.1. The maximum Gasteiger partial charge on any atom is 0.183 e. The number of ketones is 1. The summed E-state index contributed by atoms with van der Waals surface area (Å²) in [5, 5.41) is 8.80. The van der Waals surface area contributed by atoms with Crippen LogP contribution < -0.4 is 0 Å². The van der Waals surface area contributed by atoms with E-state index in [0.717, 1.165) is 30.5 Å². The number of benzene rings is 1. The van der Waals surface area contributed by atoms with Gasteiger partial charge in [0.05, 0.1) is 34.3 Å². The van der Waals surface area contributed by atoms with Gasteiger partial charge in [0, 0.05) is 12.6 Å². The van der Waals surface area contributed by atoms with E-state index in [1.807, 2.05) is 0 Å². The van der Waals surface area contributed by atoms with Crippen molar-refractivity contribution >= 4 is 5.78 Å². The van der Waals surface area contributed by atoms with Crippen LogP contribution in [0.5, 0.6) is 0 Å². The Hall–Kier alpha value is -3.09. The number of hydrogen-bond donors (Lipinski definition) is 0. The largest absolute Gasteiger partial charge is 0.292 e. The molecule has 0 spiro atoms. The van der Waals surface area contributed by atoms with Crippen molar-refractivity contribution in [3.63, 3.8) is 0 Å². The molecule has 5 nitrogen and oxygen atoms in total. The highest BCUT2D eigenvalue weighted by atomic mass is 19.1. The minimum absolute atomic E-state index is 0.0119. The Bertz CT molecular complexity index is 1270. The zero-order chi connectivity index (χ0) is 24.3. The van der Waals surface area contributed by atoms with E-state index in [-0.39, 0.29) is 34.3 Å². The number of rotatable bonds is 6. The first-order valence-corrected chi connectivity index (χ1v) is 11.9. The van der Waals surface area contributed by atoms with Gasteiger partial charge in [0.1, 0.15) is 17.3 Å². The molecule has 2 aliphatic carbocycles. The van der Waals surface area contributed by atoms with Crippen LogP contribution in [0.1, 0.15) is 86.7 Å². The van der Waals surface area contributed by atoms with Crippen molar-refractivity contribution in [3.8, 4) is 11.3 Å². The molecule has 1 fully saturated rings. The van der Waals surface area contributed by atoms with Crippen LogP contribution in [0.15, 0.2) is 36.7 Å². The van der Waals surface area contributed by atoms with Crippen molar-refractivity contribution in [2.24, 2.45) is 11.3 Å². The van der Waals surface area contributed by atoms with Crippen LogP contribution in [-0.2, 0) is 5.41 Å². The van der Waals surface area contributed by atoms with Crippen LogP contribution >= 0.6 is 0 Å². The van der Waals surface area contributed by atoms with Gasteiger partial charge in [-0.15, -0.1) is 5.10 Å². The molecular weight excluding hydrogens is 434 g/mol. The molecule has 0 N–H and O–H groups in total. The molecule has 2 heterocycles. The quantitative estimate of drug-likeness (QED) is 0.418. The topological polar surface area (TPSA) is 68.6 Å². The molecule has 0 aliphatic heterocycles. The fraction of sp³-hybridized carbons (Fsp3) is 0.444. The summed E-state index contributed by atoms with van der Waals surface area (Å²) < 4.78 is 28.9. The van der Waals surface area contributed by atoms with Gasteiger partial charge in [-0.1, -0.05) is 40.2 Å². The summed E-state index contributed by atoms with van der Waals surface area (Å²) in [7, 11) is 0. The zero-order valence-electron chi connectivity index (χ0n) is 19.9. The van der Waals surface area contributed by atoms with Crippen LogP contribution in [0, 0.1) is 23.0 Å². The highest BCUT2D eigenvalue weighted by molar-refractivity contribution is 5.94. The number of hydrogen-bond acceptors (Lipinski definition) is 5. The van der Waals surface area contributed by atoms with Crippen LogP contribution in [0.4, 0.5) is 8.78 Å². The van der Waals surface area contributed by atoms with E-state index < -0.39 is 17.0 Å². The van der Waals surface area contributed by atoms with Crippen LogP contribution in [0.25, 0.3) is 11.3 Å². The first-order chi connectivity index (χ1) is 16.2. The number of fused-ring (bicyclic) bond motifs is 5. The Balaban J connectivity index is 1.62. The maximum absolute atomic E-state index is 14.4. The van der Waals surface area contributed by atoms with Crippen LogP contribution in [0.3, 0.4) is 0 Å². The Labute approximate surface area is 198 Å². The lowest BCUT2D eigenvalue weighted by Gasteiger charge is -2.37. The van der Waals surface area contributed by atoms with Gasteiger partial charge in [-0.05, 0) is 53.9 Å². The normalized spacial score (nSPS) is 23.1. The molecule has 1 aromatic carbocycles. The molecule has 3 atom stereocenters. The van der Waals surface area contributed by atoms with Gasteiger partial charge < -0.3 is 0 Å². The molecule has 0 saturated heterocycles. The number of Topliss-reactive ketones (excluding diaryl/α,β-unsaturated/α-hetero) is 1. The molecule has 1 saturated carbocycles. The lowest BCUT2D eigenvalue weighted by Crippen LogP contribution is -2.38. The van der Waals surface area contributed by atoms with E-state index >= 15 is 0 Å². The van der Waals surface area contributed by atoms with Gasteiger partial charge in [0.25, 0.3) is 0 Å². The molecule has 5 rings (SSSR count). The smallest absolute Gasteiger partial charge is 0.183 e. The van der Waals surface area contributed by atoms with Gasteiger partial charge in [0.15, 0.2) is 5.78 Å². The van der Waals surface area contributed by atoms with Gasteiger partial charge in [-0.25, -0.2) is 13.8 Å². The van der Waals surface area contributed by atoms with E-state index in [0.29, 0.717) is 17.8 Å². The standard InChI is InChI=1S/C27H28F2N4O/c1-5-15(2)11-22(34)21-13-30-14-23(31-21)27-10-9-17(26(27,3)4)16-12-20(32-33-25(16)27)24-18(28)7-6-8-19(24)29/h6-8,12-15,17H,5,9-11H2,1-4H3/t15-,17-,27-/m0/s1. The van der Waals surface area contributed by atoms with Crippen molar-refractivity contribution in [2.75, 3.05) is 0 Å². The van der Waals surface area contributed by atoms with E-state index in [9.17, 15) is 13.6 Å². The first kappa shape index (κ1) is 22.7. The third-order valence-electron chi connectivity index (χ3n) is 8.19. The molecule has 0 amide bonds. The van der Waals surface area contributed by atoms with E-state index in [1.54, 1.807) is 12.3 Å². The molecular formula is C27H28F2N4O. The summed E-state index contributed by atoms with van der Waals surface area (Å²) in [6.45, 7) is 8.46. The second-order valence-corrected chi connectivity index (χ2v) is 10.3. The first-order valence-electron chi connectivity index (χ1n) is 11.9. The second-order valence-electron chi connectivity index (χ2n) is 10.3. The molecule has 2 aliphatic rings. The molecule has 176 valence electrons. The second kappa shape index (κ2) is 8.00. The van der Waals surface area contributed by atoms with Crippen molar-refractivity contribution in [2.45, 2.75) is 64.7 Å². The molecule has 0 radical (unpaired) electrons. The fourth-order valence-electron chi connectivity index (χ4n) is 6.03. The number of halogens is 2. The number of aromatic nitrogens is 4. The summed E-state index contributed by atoms with van der Waals surface area (Å²) >= 11 is 0. The highest BCUT2D eigenvalue weighted by Gasteiger charge is 2.65. The van der Waals surface area contributed by atoms with Crippen molar-refractivity contribution in [1.82, 2.24) is 20.2 Å². The third-order valence-corrected chi connectivity index (χ3v) is 8.19. The van der Waals surface area contributed by atoms with E-state index in [1.165, 1.54) is 24.4 Å². The summed E-state index contributed by atoms with van der Waals surface area (Å²) in [5.74, 6) is -0.928. The number of carbonyl (C=O) groups is 1. The molecule has 3 aromatic rings. The van der Waals surface area contributed by atoms with E-state index in [2.05, 4.69) is 42.9 Å². The zero-order valence-corrected chi connectivity index (χ0v) is 19.9. The SMILES string of the molecule is CC[C@H](C)CC(=O)c1cncc([C@@]23CC[C@@H](c4cc(-c5c(F)cccc5F)nnc42)C3(C)C)n1. The van der Waals surface area contributed by atoms with Crippen molar-refractivity contribution in [1.29, 1.82) is 0 Å². The molecule has 2 bridgehead atoms. The highest BCUT2D eigenvalue weighted by Crippen LogP contribution is 2.69. The Kier molecular flexibility index (Phi) is 5.34. The van der Waals surface area contributed by atoms with Crippen molar-refractivity contribution < 1.29 is 13.6 Å². The fourth-order valence-corrected chi connectivity index (χ4v) is 6.03. The molecule has 34 heavy (non-hydrogen) atoms. The van der Waals surface area contributed by atoms with Gasteiger partial charge in [-0.2, -0.15) is 5.10 Å². The molecule has 2 aromatic heterocycles. The van der Waals surface area contributed by atoms with Crippen LogP contribution in [-0.4, -0.2) is 25.9 Å². The minimum Gasteiger partial charge on any atom is -0.292 e. The van der Waals surface area contributed by atoms with Gasteiger partial charge in [0.2, 0.25) is 0 Å². The van der Waals surface area contributed by atoms with Crippen LogP contribution in [0.2, 0.25) is 0 Å². The van der Waals surface area contributed by atoms with Gasteiger partial charge >= 0.3 is 0 Å². The van der Waals surface area contributed by atoms with Crippen molar-refractivity contribution in [3.05, 3.63) is 70.9 Å². The summed E-state index contributed by atoms with van der Waals surface area (Å²) in [5.41, 5.74) is 2.00. The number of carbonyl (C=O) groups excluding carboxylic acids is 1. The molecule has 7 heteroatoms. The minimum atomic E-state index is -0.662. The van der Waals surface area contributed by atoms with E-state index in [4.69, 9.17) is 4.98 Å². The Morgan fingerprint density at radius 1 is 1.18 bits per heavy atom. The summed E-state index contributed by atoms with van der Waals surface area (Å²) in [6.07, 6.45) is 6.31. The third kappa shape index (κ3) is 3.12. The number of nitrogens with zero attached hydrogens (tertiary/aromatic N) is 4. The lowest BCUT2D eigenvalue weighted by atomic mass is 9.66. The monoisotopic (exact) mass is 462 g/mol. The predicted octanol–water partition coefficient (Wildman–Crippen LogP) is 6.03. The average molecular weight is 463 g/mol. The van der Waals surface area contributed by atoms with Gasteiger partial charge in [-0.3, -0.25) is 9.78 Å². The predicted molar refractivity (Wildman–Crippen MR) is 124 cm³/mol. The Morgan fingerprint density at radius 2 is 1.91 bits per heavy atom. The Morgan fingerprint density at radius 3 is 2.62 bits per heavy atom.